The van der Waals surface area contributed by atoms with Crippen molar-refractivity contribution < 1.29 is 9.18 Å². The van der Waals surface area contributed by atoms with E-state index < -0.39 is 0 Å². The van der Waals surface area contributed by atoms with E-state index >= 15 is 0 Å². The number of rotatable bonds is 4. The second-order valence-corrected chi connectivity index (χ2v) is 7.05. The predicted molar refractivity (Wildman–Crippen MR) is 102 cm³/mol. The Labute approximate surface area is 156 Å². The molecule has 2 aromatic carbocycles. The fourth-order valence-corrected chi connectivity index (χ4v) is 3.09. The van der Waals surface area contributed by atoms with Crippen molar-refractivity contribution in [1.29, 1.82) is 0 Å². The van der Waals surface area contributed by atoms with E-state index in [2.05, 4.69) is 26.1 Å². The number of carbonyl (C=O) groups is 1. The van der Waals surface area contributed by atoms with Gasteiger partial charge in [0.05, 0.1) is 0 Å². The van der Waals surface area contributed by atoms with Gasteiger partial charge in [-0.15, -0.1) is 10.2 Å². The van der Waals surface area contributed by atoms with Gasteiger partial charge in [-0.2, -0.15) is 0 Å². The second kappa shape index (κ2) is 7.67. The third-order valence-electron chi connectivity index (χ3n) is 3.41. The van der Waals surface area contributed by atoms with Crippen LogP contribution in [0.15, 0.2) is 59.1 Å². The standard InChI is InChI=1S/C18H13BrFN3OS/c1-23(16(24)11-4-12-2-9-15(20)10-3-12)18-22-21-17(25-18)13-5-7-14(19)8-6-13/h2-11H,1H3/b11-4+. The van der Waals surface area contributed by atoms with E-state index in [1.54, 1.807) is 25.3 Å². The van der Waals surface area contributed by atoms with Gasteiger partial charge in [0, 0.05) is 23.2 Å². The molecule has 1 amide bonds. The van der Waals surface area contributed by atoms with Crippen LogP contribution in [0.3, 0.4) is 0 Å². The van der Waals surface area contributed by atoms with Crippen molar-refractivity contribution in [3.05, 3.63) is 70.5 Å². The Hall–Kier alpha value is -2.38. The summed E-state index contributed by atoms with van der Waals surface area (Å²) in [6.07, 6.45) is 3.06. The molecule has 0 aliphatic carbocycles. The smallest absolute Gasteiger partial charge is 0.252 e. The lowest BCUT2D eigenvalue weighted by atomic mass is 10.2. The first-order valence-corrected chi connectivity index (χ1v) is 8.94. The van der Waals surface area contributed by atoms with E-state index in [1.165, 1.54) is 34.4 Å². The van der Waals surface area contributed by atoms with Crippen molar-refractivity contribution in [2.75, 3.05) is 11.9 Å². The zero-order valence-electron chi connectivity index (χ0n) is 13.2. The molecule has 1 aromatic heterocycles. The van der Waals surface area contributed by atoms with Gasteiger partial charge >= 0.3 is 0 Å². The molecule has 0 radical (unpaired) electrons. The van der Waals surface area contributed by atoms with Crippen LogP contribution in [0.1, 0.15) is 5.56 Å². The third-order valence-corrected chi connectivity index (χ3v) is 4.99. The lowest BCUT2D eigenvalue weighted by molar-refractivity contribution is -0.113. The first-order valence-electron chi connectivity index (χ1n) is 7.34. The maximum atomic E-state index is 12.9. The molecule has 126 valence electrons. The zero-order valence-corrected chi connectivity index (χ0v) is 15.6. The molecule has 0 bridgehead atoms. The number of hydrogen-bond acceptors (Lipinski definition) is 4. The van der Waals surface area contributed by atoms with Crippen molar-refractivity contribution >= 4 is 44.4 Å². The number of likely N-dealkylation sites (N-methyl/N-ethyl adjacent to an activating group) is 1. The van der Waals surface area contributed by atoms with E-state index in [-0.39, 0.29) is 11.7 Å². The molecule has 0 saturated heterocycles. The Balaban J connectivity index is 1.72. The summed E-state index contributed by atoms with van der Waals surface area (Å²) in [6, 6.07) is 13.6. The van der Waals surface area contributed by atoms with Gasteiger partial charge in [-0.1, -0.05) is 51.5 Å². The SMILES string of the molecule is CN(C(=O)/C=C/c1ccc(F)cc1)c1nnc(-c2ccc(Br)cc2)s1. The van der Waals surface area contributed by atoms with Crippen LogP contribution in [0.4, 0.5) is 9.52 Å². The van der Waals surface area contributed by atoms with Gasteiger partial charge in [0.15, 0.2) is 0 Å². The molecule has 0 fully saturated rings. The highest BCUT2D eigenvalue weighted by Gasteiger charge is 2.14. The second-order valence-electron chi connectivity index (χ2n) is 5.18. The lowest BCUT2D eigenvalue weighted by Crippen LogP contribution is -2.23. The van der Waals surface area contributed by atoms with Gasteiger partial charge in [0.2, 0.25) is 5.13 Å². The maximum absolute atomic E-state index is 12.9. The summed E-state index contributed by atoms with van der Waals surface area (Å²) in [5.74, 6) is -0.544. The van der Waals surface area contributed by atoms with Gasteiger partial charge in [-0.05, 0) is 35.9 Å². The highest BCUT2D eigenvalue weighted by atomic mass is 79.9. The van der Waals surface area contributed by atoms with Crippen LogP contribution in [0.5, 0.6) is 0 Å². The number of amides is 1. The number of carbonyl (C=O) groups excluding carboxylic acids is 1. The van der Waals surface area contributed by atoms with E-state index in [4.69, 9.17) is 0 Å². The maximum Gasteiger partial charge on any atom is 0.252 e. The lowest BCUT2D eigenvalue weighted by Gasteiger charge is -2.09. The summed E-state index contributed by atoms with van der Waals surface area (Å²) < 4.78 is 13.9. The highest BCUT2D eigenvalue weighted by Crippen LogP contribution is 2.29. The molecule has 4 nitrogen and oxygen atoms in total. The van der Waals surface area contributed by atoms with Gasteiger partial charge in [-0.25, -0.2) is 4.39 Å². The molecule has 1 heterocycles. The van der Waals surface area contributed by atoms with Crippen LogP contribution >= 0.6 is 27.3 Å². The van der Waals surface area contributed by atoms with Crippen LogP contribution in [0.2, 0.25) is 0 Å². The van der Waals surface area contributed by atoms with E-state index in [9.17, 15) is 9.18 Å². The van der Waals surface area contributed by atoms with Crippen LogP contribution in [-0.4, -0.2) is 23.2 Å². The minimum absolute atomic E-state index is 0.233. The summed E-state index contributed by atoms with van der Waals surface area (Å²) in [5, 5.41) is 9.47. The van der Waals surface area contributed by atoms with E-state index in [1.807, 2.05) is 24.3 Å². The molecule has 0 aliphatic rings. The normalized spacial score (nSPS) is 11.0. The quantitative estimate of drug-likeness (QED) is 0.573. The van der Waals surface area contributed by atoms with Gasteiger partial charge < -0.3 is 0 Å². The Bertz CT molecular complexity index is 907. The number of aromatic nitrogens is 2. The minimum Gasteiger partial charge on any atom is -0.286 e. The number of hydrogen-bond donors (Lipinski definition) is 0. The van der Waals surface area contributed by atoms with Crippen molar-refractivity contribution in [3.63, 3.8) is 0 Å². The largest absolute Gasteiger partial charge is 0.286 e. The van der Waals surface area contributed by atoms with Crippen molar-refractivity contribution in [2.24, 2.45) is 0 Å². The van der Waals surface area contributed by atoms with Gasteiger partial charge in [0.1, 0.15) is 10.8 Å². The van der Waals surface area contributed by atoms with Crippen LogP contribution in [0, 0.1) is 5.82 Å². The summed E-state index contributed by atoms with van der Waals surface area (Å²) >= 11 is 4.73. The Morgan fingerprint density at radius 3 is 2.48 bits per heavy atom. The first kappa shape index (κ1) is 17.4. The first-order chi connectivity index (χ1) is 12.0. The molecule has 3 rings (SSSR count). The number of nitrogens with zero attached hydrogens (tertiary/aromatic N) is 3. The molecule has 0 N–H and O–H groups in total. The molecule has 7 heteroatoms. The molecule has 0 spiro atoms. The topological polar surface area (TPSA) is 46.1 Å². The highest BCUT2D eigenvalue weighted by molar-refractivity contribution is 9.10. The molecular formula is C18H13BrFN3OS. The number of anilines is 1. The predicted octanol–water partition coefficient (Wildman–Crippen LogP) is 4.78. The number of benzene rings is 2. The van der Waals surface area contributed by atoms with Crippen LogP contribution < -0.4 is 4.90 Å². The minimum atomic E-state index is -0.310. The molecule has 0 atom stereocenters. The van der Waals surface area contributed by atoms with Crippen molar-refractivity contribution in [3.8, 4) is 10.6 Å². The van der Waals surface area contributed by atoms with Gasteiger partial charge in [0.25, 0.3) is 5.91 Å². The molecule has 3 aromatic rings. The summed E-state index contributed by atoms with van der Waals surface area (Å²) in [4.78, 5) is 13.7. The Morgan fingerprint density at radius 1 is 1.12 bits per heavy atom. The zero-order chi connectivity index (χ0) is 17.8. The number of halogens is 2. The van der Waals surface area contributed by atoms with Gasteiger partial charge in [-0.3, -0.25) is 9.69 Å². The summed E-state index contributed by atoms with van der Waals surface area (Å²) in [5.41, 5.74) is 1.69. The van der Waals surface area contributed by atoms with E-state index in [0.29, 0.717) is 5.13 Å². The molecule has 0 saturated carbocycles. The Morgan fingerprint density at radius 2 is 1.80 bits per heavy atom. The van der Waals surface area contributed by atoms with Crippen molar-refractivity contribution in [1.82, 2.24) is 10.2 Å². The average Bonchev–Trinajstić information content (AvgIpc) is 3.11. The average molecular weight is 418 g/mol. The van der Waals surface area contributed by atoms with Crippen LogP contribution in [-0.2, 0) is 4.79 Å². The summed E-state index contributed by atoms with van der Waals surface area (Å²) in [6.45, 7) is 0. The fraction of sp³-hybridized carbons (Fsp3) is 0.0556. The third kappa shape index (κ3) is 4.37. The fourth-order valence-electron chi connectivity index (χ4n) is 2.01. The molecule has 25 heavy (non-hydrogen) atoms. The van der Waals surface area contributed by atoms with Crippen LogP contribution in [0.25, 0.3) is 16.6 Å². The van der Waals surface area contributed by atoms with Crippen molar-refractivity contribution in [2.45, 2.75) is 0 Å². The molecular weight excluding hydrogens is 405 g/mol. The van der Waals surface area contributed by atoms with E-state index in [0.717, 1.165) is 20.6 Å². The Kier molecular flexibility index (Phi) is 5.35. The monoisotopic (exact) mass is 417 g/mol. The molecule has 0 unspecified atom stereocenters. The molecule has 0 aliphatic heterocycles. The summed E-state index contributed by atoms with van der Waals surface area (Å²) in [7, 11) is 1.64.